The summed E-state index contributed by atoms with van der Waals surface area (Å²) < 4.78 is 0. The van der Waals surface area contributed by atoms with E-state index < -0.39 is 0 Å². The summed E-state index contributed by atoms with van der Waals surface area (Å²) in [6.07, 6.45) is 0. The van der Waals surface area contributed by atoms with Gasteiger partial charge in [0, 0.05) is 0 Å². The first kappa shape index (κ1) is 77.3. The van der Waals surface area contributed by atoms with Gasteiger partial charge in [-0.05, 0) is 0 Å². The molecule has 6 heteroatoms. The molecular formula is H10KNaO4. The van der Waals surface area contributed by atoms with Crippen molar-refractivity contribution >= 4 is 80.9 Å². The van der Waals surface area contributed by atoms with Crippen molar-refractivity contribution in [2.24, 2.45) is 0 Å². The quantitative estimate of drug-likeness (QED) is 0.297. The second-order valence-corrected chi connectivity index (χ2v) is 0. The molecule has 0 rings (SSSR count). The van der Waals surface area contributed by atoms with Crippen molar-refractivity contribution in [2.75, 3.05) is 0 Å². The van der Waals surface area contributed by atoms with Gasteiger partial charge in [0.15, 0.2) is 0 Å². The minimum atomic E-state index is 0. The van der Waals surface area contributed by atoms with Crippen LogP contribution in [-0.2, 0) is 0 Å². The minimum absolute atomic E-state index is 0. The topological polar surface area (TPSA) is 126 Å². The van der Waals surface area contributed by atoms with Crippen molar-refractivity contribution in [2.45, 2.75) is 0 Å². The normalized spacial score (nSPS) is 0. The third-order valence-corrected chi connectivity index (χ3v) is 0. The zero-order valence-corrected chi connectivity index (χ0v) is 2.00. The Balaban J connectivity index is 0. The predicted octanol–water partition coefficient (Wildman–Crippen LogP) is -4.60. The van der Waals surface area contributed by atoms with Gasteiger partial charge in [-0.3, -0.25) is 0 Å². The van der Waals surface area contributed by atoms with E-state index in [9.17, 15) is 0 Å². The molecule has 0 saturated carbocycles. The Bertz CT molecular complexity index is 7.51. The first-order chi connectivity index (χ1) is 0. The van der Waals surface area contributed by atoms with E-state index >= 15 is 0 Å². The van der Waals surface area contributed by atoms with Crippen molar-refractivity contribution in [3.8, 4) is 0 Å². The Hall–Kier alpha value is 2.48. The van der Waals surface area contributed by atoms with Gasteiger partial charge in [0.25, 0.3) is 0 Å². The molecule has 0 aliphatic carbocycles. The van der Waals surface area contributed by atoms with E-state index in [1.165, 1.54) is 0 Å². The van der Waals surface area contributed by atoms with Gasteiger partial charge in [0.1, 0.15) is 0 Å². The molecular weight excluding hydrogens is 126 g/mol. The molecule has 0 aromatic rings. The molecule has 0 atom stereocenters. The van der Waals surface area contributed by atoms with E-state index in [4.69, 9.17) is 0 Å². The Morgan fingerprint density at radius 2 is 0.500 bits per heavy atom. The van der Waals surface area contributed by atoms with Crippen LogP contribution in [0.15, 0.2) is 0 Å². The van der Waals surface area contributed by atoms with Crippen LogP contribution in [0.2, 0.25) is 0 Å². The fraction of sp³-hybridized carbons (Fsp3) is 0. The zero-order chi connectivity index (χ0) is 0. The van der Waals surface area contributed by atoms with Crippen LogP contribution in [0.5, 0.6) is 0 Å². The number of hydrogen-bond donors (Lipinski definition) is 0. The van der Waals surface area contributed by atoms with Crippen LogP contribution < -0.4 is 0 Å². The van der Waals surface area contributed by atoms with E-state index in [1.807, 2.05) is 0 Å². The fourth-order valence-corrected chi connectivity index (χ4v) is 0. The molecule has 0 unspecified atom stereocenters. The maximum atomic E-state index is 0. The molecule has 0 aromatic carbocycles. The van der Waals surface area contributed by atoms with Crippen LogP contribution in [0.25, 0.3) is 0 Å². The van der Waals surface area contributed by atoms with Crippen LogP contribution in [0.1, 0.15) is 0 Å². The summed E-state index contributed by atoms with van der Waals surface area (Å²) >= 11 is 0. The molecule has 0 bridgehead atoms. The summed E-state index contributed by atoms with van der Waals surface area (Å²) in [7, 11) is 0. The van der Waals surface area contributed by atoms with Crippen LogP contribution >= 0.6 is 0 Å². The monoisotopic (exact) mass is 136 g/mol. The van der Waals surface area contributed by atoms with Gasteiger partial charge in [-0.15, -0.1) is 0 Å². The first-order valence-electron chi connectivity index (χ1n) is 0. The van der Waals surface area contributed by atoms with Crippen molar-refractivity contribution in [3.63, 3.8) is 0 Å². The van der Waals surface area contributed by atoms with Gasteiger partial charge in [-0.1, -0.05) is 0 Å². The molecule has 8 N–H and O–H groups in total. The second-order valence-electron chi connectivity index (χ2n) is 0. The third-order valence-electron chi connectivity index (χ3n) is 0. The number of hydrogen-bond acceptors (Lipinski definition) is 0. The van der Waals surface area contributed by atoms with Crippen LogP contribution in [-0.4, -0.2) is 103 Å². The summed E-state index contributed by atoms with van der Waals surface area (Å²) in [6.45, 7) is 0. The molecule has 0 saturated heterocycles. The summed E-state index contributed by atoms with van der Waals surface area (Å²) in [5.74, 6) is 0. The Kier molecular flexibility index (Phi) is 658. The van der Waals surface area contributed by atoms with E-state index in [2.05, 4.69) is 0 Å². The van der Waals surface area contributed by atoms with Crippen molar-refractivity contribution in [1.82, 2.24) is 0 Å². The molecule has 0 heterocycles. The molecule has 0 fully saturated rings. The standard InChI is InChI=1S/K.Na.4H2O.2H/h;;4*1H2;;. The van der Waals surface area contributed by atoms with Gasteiger partial charge in [-0.25, -0.2) is 0 Å². The van der Waals surface area contributed by atoms with Crippen LogP contribution in [0.4, 0.5) is 0 Å². The first-order valence-corrected chi connectivity index (χ1v) is 0. The maximum absolute atomic E-state index is 0. The Morgan fingerprint density at radius 1 is 0.500 bits per heavy atom. The summed E-state index contributed by atoms with van der Waals surface area (Å²) in [5, 5.41) is 0. The Labute approximate surface area is 101 Å². The van der Waals surface area contributed by atoms with Crippen molar-refractivity contribution in [3.05, 3.63) is 0 Å². The molecule has 36 valence electrons. The van der Waals surface area contributed by atoms with Crippen LogP contribution in [0, 0.1) is 0 Å². The zero-order valence-electron chi connectivity index (χ0n) is 2.00. The van der Waals surface area contributed by atoms with Gasteiger partial charge < -0.3 is 21.9 Å². The van der Waals surface area contributed by atoms with E-state index in [1.54, 1.807) is 0 Å². The molecule has 0 aliphatic rings. The van der Waals surface area contributed by atoms with Gasteiger partial charge in [0.2, 0.25) is 0 Å². The SMILES string of the molecule is O.O.O.O.[KH].[NaH]. The fourth-order valence-electron chi connectivity index (χ4n) is 0. The average molecular weight is 136 g/mol. The summed E-state index contributed by atoms with van der Waals surface area (Å²) in [6, 6.07) is 0. The van der Waals surface area contributed by atoms with Gasteiger partial charge in [-0.2, -0.15) is 0 Å². The van der Waals surface area contributed by atoms with E-state index in [0.717, 1.165) is 0 Å². The molecule has 0 aliphatic heterocycles. The molecule has 0 radical (unpaired) electrons. The van der Waals surface area contributed by atoms with Crippen LogP contribution in [0.3, 0.4) is 0 Å². The molecule has 0 aromatic heterocycles. The molecule has 0 amide bonds. The number of rotatable bonds is 0. The van der Waals surface area contributed by atoms with E-state index in [-0.39, 0.29) is 103 Å². The molecule has 0 spiro atoms. The second kappa shape index (κ2) is 51.1. The summed E-state index contributed by atoms with van der Waals surface area (Å²) in [4.78, 5) is 0. The third kappa shape index (κ3) is 31.7. The molecule has 6 heavy (non-hydrogen) atoms. The summed E-state index contributed by atoms with van der Waals surface area (Å²) in [5.41, 5.74) is 0. The van der Waals surface area contributed by atoms with Gasteiger partial charge in [0.05, 0.1) is 0 Å². The predicted molar refractivity (Wildman–Crippen MR) is 28.8 cm³/mol. The van der Waals surface area contributed by atoms with Gasteiger partial charge >= 0.3 is 80.9 Å². The van der Waals surface area contributed by atoms with E-state index in [0.29, 0.717) is 0 Å². The Morgan fingerprint density at radius 3 is 0.500 bits per heavy atom. The van der Waals surface area contributed by atoms with Crippen molar-refractivity contribution < 1.29 is 21.9 Å². The van der Waals surface area contributed by atoms with Crippen molar-refractivity contribution in [1.29, 1.82) is 0 Å². The molecule has 4 nitrogen and oxygen atoms in total. The average Bonchev–Trinajstić information content (AvgIpc) is 0.